The van der Waals surface area contributed by atoms with Gasteiger partial charge in [0.15, 0.2) is 5.69 Å². The Kier molecular flexibility index (Phi) is 4.33. The second kappa shape index (κ2) is 6.57. The van der Waals surface area contributed by atoms with E-state index in [1.807, 2.05) is 4.90 Å². The van der Waals surface area contributed by atoms with Crippen molar-refractivity contribution in [2.24, 2.45) is 0 Å². The van der Waals surface area contributed by atoms with Crippen molar-refractivity contribution in [3.8, 4) is 5.88 Å². The van der Waals surface area contributed by atoms with E-state index in [1.165, 1.54) is 12.3 Å². The van der Waals surface area contributed by atoms with Gasteiger partial charge in [-0.3, -0.25) is 0 Å². The van der Waals surface area contributed by atoms with Gasteiger partial charge in [0.05, 0.1) is 11.8 Å². The standard InChI is InChI=1S/C15H17N3O5/c1-21-11-7-18(8-11)13-5-4-12(15(19)20)16-14(13)22-9-10-3-2-6-23-17-10/h2-6,11,17H,7-9H2,1H3,(H,19,20). The van der Waals surface area contributed by atoms with E-state index in [0.29, 0.717) is 18.8 Å². The highest BCUT2D eigenvalue weighted by Gasteiger charge is 2.29. The number of pyridine rings is 1. The number of carboxylic acid groups (broad SMARTS) is 1. The summed E-state index contributed by atoms with van der Waals surface area (Å²) in [4.78, 5) is 22.2. The highest BCUT2D eigenvalue weighted by atomic mass is 16.6. The molecular formula is C15H17N3O5. The first-order chi connectivity index (χ1) is 11.2. The van der Waals surface area contributed by atoms with Crippen LogP contribution in [-0.2, 0) is 9.57 Å². The van der Waals surface area contributed by atoms with Gasteiger partial charge in [0.25, 0.3) is 0 Å². The Hall–Kier alpha value is -2.74. The van der Waals surface area contributed by atoms with E-state index >= 15 is 0 Å². The molecule has 0 unspecified atom stereocenters. The maximum Gasteiger partial charge on any atom is 0.354 e. The molecule has 0 aliphatic carbocycles. The molecule has 2 aliphatic rings. The Morgan fingerprint density at radius 3 is 3.00 bits per heavy atom. The number of hydrogen-bond acceptors (Lipinski definition) is 7. The van der Waals surface area contributed by atoms with E-state index in [-0.39, 0.29) is 24.3 Å². The molecule has 0 atom stereocenters. The Labute approximate surface area is 132 Å². The predicted molar refractivity (Wildman–Crippen MR) is 81.1 cm³/mol. The lowest BCUT2D eigenvalue weighted by atomic mass is 10.1. The van der Waals surface area contributed by atoms with Crippen LogP contribution >= 0.6 is 0 Å². The molecule has 0 bridgehead atoms. The lowest BCUT2D eigenvalue weighted by Gasteiger charge is -2.40. The molecule has 0 spiro atoms. The lowest BCUT2D eigenvalue weighted by molar-refractivity contribution is 0.0687. The largest absolute Gasteiger partial charge is 0.477 e. The van der Waals surface area contributed by atoms with Crippen LogP contribution in [0.3, 0.4) is 0 Å². The van der Waals surface area contributed by atoms with E-state index in [4.69, 9.17) is 19.4 Å². The third kappa shape index (κ3) is 3.37. The van der Waals surface area contributed by atoms with Gasteiger partial charge in [0.1, 0.15) is 18.6 Å². The molecular weight excluding hydrogens is 302 g/mol. The van der Waals surface area contributed by atoms with Gasteiger partial charge in [-0.2, -0.15) is 0 Å². The molecule has 8 heteroatoms. The molecule has 8 nitrogen and oxygen atoms in total. The van der Waals surface area contributed by atoms with Crippen molar-refractivity contribution < 1.29 is 24.2 Å². The van der Waals surface area contributed by atoms with Crippen LogP contribution in [-0.4, -0.2) is 49.0 Å². The number of methoxy groups -OCH3 is 1. The summed E-state index contributed by atoms with van der Waals surface area (Å²) in [5.74, 6) is -0.822. The maximum atomic E-state index is 11.1. The van der Waals surface area contributed by atoms with Crippen molar-refractivity contribution in [3.63, 3.8) is 0 Å². The number of aromatic carboxylic acids is 1. The van der Waals surface area contributed by atoms with Gasteiger partial charge in [-0.05, 0) is 24.3 Å². The van der Waals surface area contributed by atoms with Gasteiger partial charge in [0, 0.05) is 20.2 Å². The zero-order valence-corrected chi connectivity index (χ0v) is 12.6. The zero-order valence-electron chi connectivity index (χ0n) is 12.6. The fourth-order valence-corrected chi connectivity index (χ4v) is 2.25. The average molecular weight is 319 g/mol. The predicted octanol–water partition coefficient (Wildman–Crippen LogP) is 0.926. The third-order valence-corrected chi connectivity index (χ3v) is 3.58. The number of nitrogens with one attached hydrogen (secondary N) is 1. The first-order valence-electron chi connectivity index (χ1n) is 7.09. The van der Waals surface area contributed by atoms with E-state index < -0.39 is 5.97 Å². The Morgan fingerprint density at radius 1 is 1.52 bits per heavy atom. The number of ether oxygens (including phenoxy) is 2. The monoisotopic (exact) mass is 319 g/mol. The number of allylic oxidation sites excluding steroid dienone is 2. The maximum absolute atomic E-state index is 11.1. The molecule has 2 aliphatic heterocycles. The van der Waals surface area contributed by atoms with Gasteiger partial charge in [-0.1, -0.05) is 0 Å². The number of carboxylic acids is 1. The number of hydrogen-bond donors (Lipinski definition) is 2. The Balaban J connectivity index is 1.77. The van der Waals surface area contributed by atoms with Crippen LogP contribution in [0, 0.1) is 0 Å². The summed E-state index contributed by atoms with van der Waals surface area (Å²) in [6.07, 6.45) is 5.21. The molecule has 0 aromatic carbocycles. The van der Waals surface area contributed by atoms with Crippen LogP contribution in [0.1, 0.15) is 10.5 Å². The van der Waals surface area contributed by atoms with E-state index in [1.54, 1.807) is 25.3 Å². The molecule has 0 amide bonds. The zero-order chi connectivity index (χ0) is 16.2. The minimum atomic E-state index is -1.10. The fourth-order valence-electron chi connectivity index (χ4n) is 2.25. The van der Waals surface area contributed by atoms with E-state index in [9.17, 15) is 4.79 Å². The van der Waals surface area contributed by atoms with Crippen molar-refractivity contribution >= 4 is 11.7 Å². The first-order valence-corrected chi connectivity index (χ1v) is 7.09. The second-order valence-electron chi connectivity index (χ2n) is 5.12. The number of rotatable bonds is 6. The molecule has 23 heavy (non-hydrogen) atoms. The molecule has 3 heterocycles. The van der Waals surface area contributed by atoms with Gasteiger partial charge < -0.3 is 24.3 Å². The number of anilines is 1. The molecule has 2 N–H and O–H groups in total. The quantitative estimate of drug-likeness (QED) is 0.800. The summed E-state index contributed by atoms with van der Waals surface area (Å²) in [6, 6.07) is 3.17. The van der Waals surface area contributed by atoms with Gasteiger partial charge >= 0.3 is 5.97 Å². The van der Waals surface area contributed by atoms with Gasteiger partial charge in [-0.25, -0.2) is 15.3 Å². The number of carbonyl (C=O) groups is 1. The fraction of sp³-hybridized carbons (Fsp3) is 0.333. The normalized spacial score (nSPS) is 16.9. The van der Waals surface area contributed by atoms with Crippen LogP contribution in [0.4, 0.5) is 5.69 Å². The minimum Gasteiger partial charge on any atom is -0.477 e. The van der Waals surface area contributed by atoms with E-state index in [0.717, 1.165) is 5.69 Å². The second-order valence-corrected chi connectivity index (χ2v) is 5.12. The molecule has 1 saturated heterocycles. The van der Waals surface area contributed by atoms with Gasteiger partial charge in [0.2, 0.25) is 5.88 Å². The van der Waals surface area contributed by atoms with Crippen molar-refractivity contribution in [1.82, 2.24) is 10.5 Å². The van der Waals surface area contributed by atoms with Crippen molar-refractivity contribution in [1.29, 1.82) is 0 Å². The molecule has 0 radical (unpaired) electrons. The SMILES string of the molecule is COC1CN(c2ccc(C(=O)O)nc2OCC2=CC=CON2)C1. The van der Waals surface area contributed by atoms with Gasteiger partial charge in [-0.15, -0.1) is 0 Å². The minimum absolute atomic E-state index is 0.0608. The number of aromatic nitrogens is 1. The first kappa shape index (κ1) is 15.2. The van der Waals surface area contributed by atoms with Crippen molar-refractivity contribution in [2.45, 2.75) is 6.10 Å². The molecule has 1 aromatic rings. The van der Waals surface area contributed by atoms with Crippen LogP contribution in [0.2, 0.25) is 0 Å². The van der Waals surface area contributed by atoms with Crippen LogP contribution in [0.25, 0.3) is 0 Å². The third-order valence-electron chi connectivity index (χ3n) is 3.58. The summed E-state index contributed by atoms with van der Waals surface area (Å²) in [5.41, 5.74) is 4.08. The van der Waals surface area contributed by atoms with Crippen LogP contribution in [0.5, 0.6) is 5.88 Å². The highest BCUT2D eigenvalue weighted by molar-refractivity contribution is 5.86. The smallest absolute Gasteiger partial charge is 0.354 e. The summed E-state index contributed by atoms with van der Waals surface area (Å²) < 4.78 is 10.9. The molecule has 3 rings (SSSR count). The Morgan fingerprint density at radius 2 is 2.35 bits per heavy atom. The Bertz CT molecular complexity index is 653. The van der Waals surface area contributed by atoms with Crippen LogP contribution < -0.4 is 15.1 Å². The summed E-state index contributed by atoms with van der Waals surface area (Å²) in [6.45, 7) is 1.62. The molecule has 122 valence electrons. The van der Waals surface area contributed by atoms with Crippen LogP contribution in [0.15, 0.2) is 36.2 Å². The summed E-state index contributed by atoms with van der Waals surface area (Å²) >= 11 is 0. The molecule has 1 aromatic heterocycles. The number of nitrogens with zero attached hydrogens (tertiary/aromatic N) is 2. The molecule has 1 fully saturated rings. The average Bonchev–Trinajstić information content (AvgIpc) is 2.53. The molecule has 0 saturated carbocycles. The number of hydroxylamine groups is 1. The summed E-state index contributed by atoms with van der Waals surface area (Å²) in [5, 5.41) is 9.10. The van der Waals surface area contributed by atoms with Crippen molar-refractivity contribution in [2.75, 3.05) is 31.7 Å². The van der Waals surface area contributed by atoms with E-state index in [2.05, 4.69) is 10.5 Å². The van der Waals surface area contributed by atoms with Crippen molar-refractivity contribution in [3.05, 3.63) is 41.9 Å². The summed E-state index contributed by atoms with van der Waals surface area (Å²) in [7, 11) is 1.67. The topological polar surface area (TPSA) is 93.2 Å². The highest BCUT2D eigenvalue weighted by Crippen LogP contribution is 2.31. The lowest BCUT2D eigenvalue weighted by Crippen LogP contribution is -2.52.